The summed E-state index contributed by atoms with van der Waals surface area (Å²) >= 11 is 0. The molecule has 3 aromatic heterocycles. The average Bonchev–Trinajstić information content (AvgIpc) is 2.48. The summed E-state index contributed by atoms with van der Waals surface area (Å²) in [6.07, 6.45) is 7.75. The van der Waals surface area contributed by atoms with Crippen LogP contribution in [-0.4, -0.2) is 26.0 Å². The van der Waals surface area contributed by atoms with Gasteiger partial charge in [-0.15, -0.1) is 0 Å². The molecule has 20 heavy (non-hydrogen) atoms. The Hall–Kier alpha value is -3.09. The average molecular weight is 266 g/mol. The number of aromatic nitrogens is 4. The number of carbonyl (C=O) groups is 1. The molecule has 7 nitrogen and oxygen atoms in total. The molecule has 0 spiro atoms. The van der Waals surface area contributed by atoms with Crippen molar-refractivity contribution >= 4 is 28.6 Å². The van der Waals surface area contributed by atoms with Crippen LogP contribution in [0, 0.1) is 0 Å². The fourth-order valence-corrected chi connectivity index (χ4v) is 1.71. The lowest BCUT2D eigenvalue weighted by atomic mass is 10.3. The Morgan fingerprint density at radius 1 is 0.950 bits per heavy atom. The Bertz CT molecular complexity index is 741. The zero-order chi connectivity index (χ0) is 13.8. The molecule has 98 valence electrons. The molecule has 0 radical (unpaired) electrons. The van der Waals surface area contributed by atoms with E-state index in [0.29, 0.717) is 22.5 Å². The summed E-state index contributed by atoms with van der Waals surface area (Å²) in [6, 6.07) is 4.89. The van der Waals surface area contributed by atoms with E-state index in [1.54, 1.807) is 24.5 Å². The quantitative estimate of drug-likeness (QED) is 0.740. The number of fused-ring (bicyclic) bond motifs is 1. The third kappa shape index (κ3) is 2.51. The molecule has 0 aromatic carbocycles. The molecular formula is C13H10N6O. The fourth-order valence-electron chi connectivity index (χ4n) is 1.71. The van der Waals surface area contributed by atoms with Crippen LogP contribution < -0.4 is 10.6 Å². The van der Waals surface area contributed by atoms with Gasteiger partial charge < -0.3 is 5.32 Å². The van der Waals surface area contributed by atoms with Gasteiger partial charge in [0.2, 0.25) is 0 Å². The molecule has 0 aliphatic rings. The Balaban J connectivity index is 1.81. The Morgan fingerprint density at radius 2 is 1.90 bits per heavy atom. The van der Waals surface area contributed by atoms with Crippen molar-refractivity contribution in [3.05, 3.63) is 49.2 Å². The number of hydrogen-bond donors (Lipinski definition) is 2. The van der Waals surface area contributed by atoms with Crippen LogP contribution in [0.15, 0.2) is 49.2 Å². The Kier molecular flexibility index (Phi) is 3.15. The van der Waals surface area contributed by atoms with Gasteiger partial charge in [-0.05, 0) is 18.2 Å². The summed E-state index contributed by atoms with van der Waals surface area (Å²) in [5, 5.41) is 5.30. The predicted molar refractivity (Wildman–Crippen MR) is 74.2 cm³/mol. The van der Waals surface area contributed by atoms with Gasteiger partial charge in [-0.25, -0.2) is 9.78 Å². The van der Waals surface area contributed by atoms with Gasteiger partial charge in [-0.1, -0.05) is 0 Å². The normalized spacial score (nSPS) is 10.2. The first kappa shape index (κ1) is 12.0. The second-order valence-electron chi connectivity index (χ2n) is 3.90. The number of anilines is 2. The van der Waals surface area contributed by atoms with Gasteiger partial charge in [-0.3, -0.25) is 20.3 Å². The zero-order valence-corrected chi connectivity index (χ0v) is 10.3. The van der Waals surface area contributed by atoms with E-state index in [0.717, 1.165) is 0 Å². The largest absolute Gasteiger partial charge is 0.324 e. The van der Waals surface area contributed by atoms with Crippen LogP contribution in [-0.2, 0) is 0 Å². The fraction of sp³-hybridized carbons (Fsp3) is 0. The summed E-state index contributed by atoms with van der Waals surface area (Å²) in [4.78, 5) is 28.1. The third-order valence-electron chi connectivity index (χ3n) is 2.55. The SMILES string of the molecule is O=C(Nc1cnccn1)Nc1ccnc2cccnc12. The summed E-state index contributed by atoms with van der Waals surface area (Å²) < 4.78 is 0. The molecule has 0 aliphatic carbocycles. The van der Waals surface area contributed by atoms with Gasteiger partial charge in [0.1, 0.15) is 5.52 Å². The van der Waals surface area contributed by atoms with Crippen LogP contribution in [0.25, 0.3) is 11.0 Å². The second-order valence-corrected chi connectivity index (χ2v) is 3.90. The first-order valence-corrected chi connectivity index (χ1v) is 5.87. The maximum Gasteiger partial charge on any atom is 0.324 e. The van der Waals surface area contributed by atoms with E-state index in [1.807, 2.05) is 6.07 Å². The van der Waals surface area contributed by atoms with Gasteiger partial charge in [0.05, 0.1) is 17.4 Å². The summed E-state index contributed by atoms with van der Waals surface area (Å²) in [5.74, 6) is 0.372. The van der Waals surface area contributed by atoms with Crippen molar-refractivity contribution < 1.29 is 4.79 Å². The molecule has 0 atom stereocenters. The highest BCUT2D eigenvalue weighted by atomic mass is 16.2. The molecule has 2 amide bonds. The minimum atomic E-state index is -0.413. The van der Waals surface area contributed by atoms with Crippen molar-refractivity contribution in [1.29, 1.82) is 0 Å². The Morgan fingerprint density at radius 3 is 2.75 bits per heavy atom. The summed E-state index contributed by atoms with van der Waals surface area (Å²) in [7, 11) is 0. The van der Waals surface area contributed by atoms with E-state index in [9.17, 15) is 4.79 Å². The third-order valence-corrected chi connectivity index (χ3v) is 2.55. The van der Waals surface area contributed by atoms with E-state index < -0.39 is 6.03 Å². The van der Waals surface area contributed by atoms with Crippen LogP contribution in [0.4, 0.5) is 16.3 Å². The molecule has 0 aliphatic heterocycles. The predicted octanol–water partition coefficient (Wildman–Crippen LogP) is 2.06. The monoisotopic (exact) mass is 266 g/mol. The van der Waals surface area contributed by atoms with Crippen molar-refractivity contribution in [2.24, 2.45) is 0 Å². The highest BCUT2D eigenvalue weighted by Gasteiger charge is 2.07. The first-order valence-electron chi connectivity index (χ1n) is 5.87. The summed E-state index contributed by atoms with van der Waals surface area (Å²) in [6.45, 7) is 0. The van der Waals surface area contributed by atoms with Gasteiger partial charge >= 0.3 is 6.03 Å². The molecule has 0 saturated carbocycles. The molecule has 0 saturated heterocycles. The number of nitrogens with zero attached hydrogens (tertiary/aromatic N) is 4. The topological polar surface area (TPSA) is 92.7 Å². The van der Waals surface area contributed by atoms with Crippen molar-refractivity contribution in [3.63, 3.8) is 0 Å². The number of pyridine rings is 2. The van der Waals surface area contributed by atoms with E-state index in [2.05, 4.69) is 30.6 Å². The van der Waals surface area contributed by atoms with E-state index in [-0.39, 0.29) is 0 Å². The smallest absolute Gasteiger partial charge is 0.305 e. The van der Waals surface area contributed by atoms with Crippen LogP contribution in [0.1, 0.15) is 0 Å². The molecule has 3 heterocycles. The summed E-state index contributed by atoms with van der Waals surface area (Å²) in [5.41, 5.74) is 1.92. The second kappa shape index (κ2) is 5.27. The lowest BCUT2D eigenvalue weighted by Gasteiger charge is -2.08. The first-order chi connectivity index (χ1) is 9.83. The Labute approximate surface area is 114 Å². The standard InChI is InChI=1S/C13H10N6O/c20-13(19-11-8-14-6-7-16-11)18-10-3-5-15-9-2-1-4-17-12(9)10/h1-8H,(H2,15,16,18,19,20). The van der Waals surface area contributed by atoms with Gasteiger partial charge in [0.15, 0.2) is 5.82 Å². The van der Waals surface area contributed by atoms with Crippen LogP contribution >= 0.6 is 0 Å². The van der Waals surface area contributed by atoms with E-state index >= 15 is 0 Å². The van der Waals surface area contributed by atoms with Crippen molar-refractivity contribution in [1.82, 2.24) is 19.9 Å². The lowest BCUT2D eigenvalue weighted by Crippen LogP contribution is -2.20. The van der Waals surface area contributed by atoms with E-state index in [4.69, 9.17) is 0 Å². The van der Waals surface area contributed by atoms with Crippen LogP contribution in [0.3, 0.4) is 0 Å². The van der Waals surface area contributed by atoms with Crippen molar-refractivity contribution in [2.45, 2.75) is 0 Å². The number of rotatable bonds is 2. The molecular weight excluding hydrogens is 256 g/mol. The minimum absolute atomic E-state index is 0.372. The highest BCUT2D eigenvalue weighted by molar-refractivity contribution is 6.03. The maximum absolute atomic E-state index is 11.9. The number of urea groups is 1. The molecule has 2 N–H and O–H groups in total. The number of carbonyl (C=O) groups excluding carboxylic acids is 1. The van der Waals surface area contributed by atoms with Gasteiger partial charge in [0, 0.05) is 24.8 Å². The molecule has 3 rings (SSSR count). The van der Waals surface area contributed by atoms with Gasteiger partial charge in [0.25, 0.3) is 0 Å². The molecule has 0 bridgehead atoms. The number of hydrogen-bond acceptors (Lipinski definition) is 5. The molecule has 3 aromatic rings. The maximum atomic E-state index is 11.9. The van der Waals surface area contributed by atoms with Crippen LogP contribution in [0.2, 0.25) is 0 Å². The van der Waals surface area contributed by atoms with E-state index in [1.165, 1.54) is 18.6 Å². The lowest BCUT2D eigenvalue weighted by molar-refractivity contribution is 0.262. The number of amides is 2. The molecule has 7 heteroatoms. The molecule has 0 unspecified atom stereocenters. The number of nitrogens with one attached hydrogen (secondary N) is 2. The zero-order valence-electron chi connectivity index (χ0n) is 10.3. The van der Waals surface area contributed by atoms with Crippen molar-refractivity contribution in [3.8, 4) is 0 Å². The van der Waals surface area contributed by atoms with Crippen molar-refractivity contribution in [2.75, 3.05) is 10.6 Å². The van der Waals surface area contributed by atoms with Gasteiger partial charge in [-0.2, -0.15) is 0 Å². The highest BCUT2D eigenvalue weighted by Crippen LogP contribution is 2.18. The minimum Gasteiger partial charge on any atom is -0.305 e. The van der Waals surface area contributed by atoms with Crippen LogP contribution in [0.5, 0.6) is 0 Å². The molecule has 0 fully saturated rings.